The molecule has 7 nitrogen and oxygen atoms in total. The van der Waals surface area contributed by atoms with Gasteiger partial charge in [0.25, 0.3) is 0 Å². The van der Waals surface area contributed by atoms with Crippen molar-refractivity contribution in [1.82, 2.24) is 24.5 Å². The third kappa shape index (κ3) is 3.41. The van der Waals surface area contributed by atoms with Gasteiger partial charge in [0.2, 0.25) is 15.0 Å². The van der Waals surface area contributed by atoms with E-state index in [0.717, 1.165) is 34.2 Å². The van der Waals surface area contributed by atoms with Crippen molar-refractivity contribution in [2.45, 2.75) is 37.0 Å². The van der Waals surface area contributed by atoms with Crippen LogP contribution in [-0.2, 0) is 16.4 Å². The molecule has 1 N–H and O–H groups in total. The predicted octanol–water partition coefficient (Wildman–Crippen LogP) is 2.55. The first-order valence-electron chi connectivity index (χ1n) is 7.91. The third-order valence-corrected chi connectivity index (χ3v) is 6.91. The van der Waals surface area contributed by atoms with Gasteiger partial charge in [-0.25, -0.2) is 13.1 Å². The van der Waals surface area contributed by atoms with Crippen molar-refractivity contribution in [3.05, 3.63) is 39.6 Å². The summed E-state index contributed by atoms with van der Waals surface area (Å²) in [7, 11) is -3.59. The molecule has 0 unspecified atom stereocenters. The summed E-state index contributed by atoms with van der Waals surface area (Å²) in [5.41, 5.74) is 0.840. The zero-order chi connectivity index (χ0) is 17.6. The molecule has 25 heavy (non-hydrogen) atoms. The van der Waals surface area contributed by atoms with Crippen LogP contribution in [-0.4, -0.2) is 34.8 Å². The minimum atomic E-state index is -3.59. The first-order chi connectivity index (χ1) is 11.9. The smallest absolute Gasteiger partial charge is 0.211 e. The second-order valence-corrected chi connectivity index (χ2v) is 9.30. The Bertz CT molecular complexity index is 1040. The first kappa shape index (κ1) is 16.9. The molecule has 10 heteroatoms. The van der Waals surface area contributed by atoms with E-state index in [1.807, 2.05) is 6.92 Å². The van der Waals surface area contributed by atoms with E-state index in [1.54, 1.807) is 16.6 Å². The van der Waals surface area contributed by atoms with Crippen molar-refractivity contribution in [2.24, 2.45) is 0 Å². The van der Waals surface area contributed by atoms with Gasteiger partial charge in [0, 0.05) is 23.9 Å². The Labute approximate surface area is 154 Å². The number of fused-ring (bicyclic) bond motifs is 1. The monoisotopic (exact) mass is 397 g/mol. The quantitative estimate of drug-likeness (QED) is 0.690. The van der Waals surface area contributed by atoms with Gasteiger partial charge in [-0.2, -0.15) is 9.61 Å². The van der Waals surface area contributed by atoms with Crippen molar-refractivity contribution in [3.63, 3.8) is 0 Å². The Hall–Kier alpha value is -1.55. The summed E-state index contributed by atoms with van der Waals surface area (Å²) in [5.74, 6) is 1.38. The van der Waals surface area contributed by atoms with E-state index in [9.17, 15) is 8.42 Å². The zero-order valence-electron chi connectivity index (χ0n) is 13.4. The van der Waals surface area contributed by atoms with Gasteiger partial charge >= 0.3 is 0 Å². The van der Waals surface area contributed by atoms with Crippen molar-refractivity contribution >= 4 is 37.9 Å². The summed E-state index contributed by atoms with van der Waals surface area (Å²) >= 11 is 7.45. The third-order valence-electron chi connectivity index (χ3n) is 4.08. The first-order valence-corrected chi connectivity index (χ1v) is 10.6. The minimum Gasteiger partial charge on any atom is -0.211 e. The second-order valence-electron chi connectivity index (χ2n) is 6.08. The lowest BCUT2D eigenvalue weighted by Crippen LogP contribution is -2.26. The molecule has 0 atom stereocenters. The summed E-state index contributed by atoms with van der Waals surface area (Å²) in [4.78, 5) is 0.919. The summed E-state index contributed by atoms with van der Waals surface area (Å²) in [5, 5.41) is 14.1. The number of halogens is 1. The number of hydrogen-bond acceptors (Lipinski definition) is 6. The molecule has 3 aromatic rings. The van der Waals surface area contributed by atoms with Gasteiger partial charge in [0.15, 0.2) is 5.82 Å². The number of aromatic nitrogens is 4. The van der Waals surface area contributed by atoms with Gasteiger partial charge in [-0.15, -0.1) is 10.2 Å². The largest absolute Gasteiger partial charge is 0.240 e. The molecule has 0 amide bonds. The van der Waals surface area contributed by atoms with E-state index in [1.165, 1.54) is 17.4 Å². The molecule has 1 aromatic carbocycles. The van der Waals surface area contributed by atoms with Crippen molar-refractivity contribution in [3.8, 4) is 0 Å². The van der Waals surface area contributed by atoms with E-state index in [-0.39, 0.29) is 11.4 Å². The fourth-order valence-electron chi connectivity index (χ4n) is 2.49. The molecule has 0 radical (unpaired) electrons. The molecule has 0 aliphatic heterocycles. The van der Waals surface area contributed by atoms with E-state index in [2.05, 4.69) is 20.0 Å². The highest BCUT2D eigenvalue weighted by molar-refractivity contribution is 7.89. The lowest BCUT2D eigenvalue weighted by molar-refractivity contribution is 0.581. The van der Waals surface area contributed by atoms with Crippen LogP contribution < -0.4 is 4.72 Å². The number of aryl methyl sites for hydroxylation is 1. The van der Waals surface area contributed by atoms with E-state index < -0.39 is 10.0 Å². The normalized spacial score (nSPS) is 15.1. The SMILES string of the molecule is Cc1ccc(S(=O)(=O)NCCc2nn3c(C4CC4)nnc3s2)cc1Cl. The maximum absolute atomic E-state index is 12.3. The fraction of sp³-hybridized carbons (Fsp3) is 0.400. The van der Waals surface area contributed by atoms with Gasteiger partial charge < -0.3 is 0 Å². The van der Waals surface area contributed by atoms with E-state index >= 15 is 0 Å². The Kier molecular flexibility index (Phi) is 4.27. The molecule has 1 fully saturated rings. The molecule has 1 aliphatic carbocycles. The number of benzene rings is 1. The van der Waals surface area contributed by atoms with Crippen LogP contribution in [0.1, 0.15) is 35.2 Å². The molecule has 1 aliphatic rings. The molecule has 2 heterocycles. The number of nitrogens with one attached hydrogen (secondary N) is 1. The van der Waals surface area contributed by atoms with Crippen LogP contribution in [0, 0.1) is 6.92 Å². The Morgan fingerprint density at radius 2 is 2.16 bits per heavy atom. The van der Waals surface area contributed by atoms with E-state index in [4.69, 9.17) is 11.6 Å². The molecule has 1 saturated carbocycles. The van der Waals surface area contributed by atoms with E-state index in [0.29, 0.717) is 17.4 Å². The lowest BCUT2D eigenvalue weighted by Gasteiger charge is -2.07. The standard InChI is InChI=1S/C15H16ClN5O2S2/c1-9-2-5-11(8-12(9)16)25(22,23)17-7-6-13-20-21-14(10-3-4-10)18-19-15(21)24-13/h2,5,8,10,17H,3-4,6-7H2,1H3. The summed E-state index contributed by atoms with van der Waals surface area (Å²) in [6.07, 6.45) is 2.76. The highest BCUT2D eigenvalue weighted by Gasteiger charge is 2.30. The fourth-order valence-corrected chi connectivity index (χ4v) is 4.63. The summed E-state index contributed by atoms with van der Waals surface area (Å²) < 4.78 is 29.1. The molecule has 4 rings (SSSR count). The number of rotatable bonds is 6. The number of sulfonamides is 1. The molecular formula is C15H16ClN5O2S2. The van der Waals surface area contributed by atoms with Crippen molar-refractivity contribution < 1.29 is 8.42 Å². The van der Waals surface area contributed by atoms with Crippen LogP contribution in [0.3, 0.4) is 0 Å². The van der Waals surface area contributed by atoms with Crippen LogP contribution in [0.25, 0.3) is 4.96 Å². The Morgan fingerprint density at radius 1 is 1.36 bits per heavy atom. The van der Waals surface area contributed by atoms with Gasteiger partial charge in [-0.1, -0.05) is 29.0 Å². The molecular weight excluding hydrogens is 382 g/mol. The summed E-state index contributed by atoms with van der Waals surface area (Å²) in [6.45, 7) is 2.09. The highest BCUT2D eigenvalue weighted by Crippen LogP contribution is 2.39. The van der Waals surface area contributed by atoms with Crippen LogP contribution in [0.4, 0.5) is 0 Å². The number of hydrogen-bond donors (Lipinski definition) is 1. The number of nitrogens with zero attached hydrogens (tertiary/aromatic N) is 4. The highest BCUT2D eigenvalue weighted by atomic mass is 35.5. The average molecular weight is 398 g/mol. The van der Waals surface area contributed by atoms with Crippen LogP contribution in [0.5, 0.6) is 0 Å². The minimum absolute atomic E-state index is 0.164. The molecule has 2 aromatic heterocycles. The van der Waals surface area contributed by atoms with Gasteiger partial charge in [0.05, 0.1) is 4.90 Å². The van der Waals surface area contributed by atoms with Crippen LogP contribution in [0.15, 0.2) is 23.1 Å². The van der Waals surface area contributed by atoms with Crippen molar-refractivity contribution in [2.75, 3.05) is 6.54 Å². The topological polar surface area (TPSA) is 89.2 Å². The zero-order valence-corrected chi connectivity index (χ0v) is 15.8. The molecule has 0 bridgehead atoms. The predicted molar refractivity (Wildman–Crippen MR) is 95.7 cm³/mol. The van der Waals surface area contributed by atoms with Crippen molar-refractivity contribution in [1.29, 1.82) is 0 Å². The second kappa shape index (κ2) is 6.31. The van der Waals surface area contributed by atoms with Crippen LogP contribution >= 0.6 is 22.9 Å². The van der Waals surface area contributed by atoms with Gasteiger partial charge in [0.1, 0.15) is 5.01 Å². The lowest BCUT2D eigenvalue weighted by atomic mass is 10.2. The van der Waals surface area contributed by atoms with Gasteiger partial charge in [-0.3, -0.25) is 0 Å². The average Bonchev–Trinajstić information content (AvgIpc) is 3.20. The maximum Gasteiger partial charge on any atom is 0.240 e. The maximum atomic E-state index is 12.3. The molecule has 0 saturated heterocycles. The molecule has 0 spiro atoms. The summed E-state index contributed by atoms with van der Waals surface area (Å²) in [6, 6.07) is 4.71. The Morgan fingerprint density at radius 3 is 2.88 bits per heavy atom. The molecule has 132 valence electrons. The Balaban J connectivity index is 1.43. The van der Waals surface area contributed by atoms with Gasteiger partial charge in [-0.05, 0) is 37.5 Å². The van der Waals surface area contributed by atoms with Crippen LogP contribution in [0.2, 0.25) is 5.02 Å².